The van der Waals surface area contributed by atoms with Gasteiger partial charge in [-0.25, -0.2) is 4.98 Å². The number of hydrogen-bond acceptors (Lipinski definition) is 3. The molecule has 1 aromatic carbocycles. The van der Waals surface area contributed by atoms with Crippen LogP contribution in [-0.4, -0.2) is 45.8 Å². The molecule has 3 rings (SSSR count). The van der Waals surface area contributed by atoms with Gasteiger partial charge in [-0.05, 0) is 12.0 Å². The smallest absolute Gasteiger partial charge is 0.194 e. The first-order chi connectivity index (χ1) is 10.7. The van der Waals surface area contributed by atoms with E-state index in [1.54, 1.807) is 11.0 Å². The van der Waals surface area contributed by atoms with Crippen molar-refractivity contribution in [2.24, 2.45) is 12.0 Å². The number of halogens is 1. The summed E-state index contributed by atoms with van der Waals surface area (Å²) in [7, 11) is 5.73. The van der Waals surface area contributed by atoms with E-state index < -0.39 is 0 Å². The van der Waals surface area contributed by atoms with Crippen LogP contribution in [0.2, 0.25) is 0 Å². The Kier molecular flexibility index (Phi) is 5.97. The molecule has 1 N–H and O–H groups in total. The number of nitrogens with one attached hydrogen (secondary N) is 1. The Bertz CT molecular complexity index is 654. The maximum atomic E-state index is 4.38. The van der Waals surface area contributed by atoms with Crippen LogP contribution in [0.1, 0.15) is 23.7 Å². The van der Waals surface area contributed by atoms with Gasteiger partial charge in [0.1, 0.15) is 12.2 Å². The summed E-state index contributed by atoms with van der Waals surface area (Å²) in [6, 6.07) is 11.1. The van der Waals surface area contributed by atoms with Gasteiger partial charge in [-0.2, -0.15) is 5.10 Å². The molecule has 0 saturated heterocycles. The molecule has 1 aliphatic carbocycles. The summed E-state index contributed by atoms with van der Waals surface area (Å²) in [6.07, 6.45) is 2.73. The van der Waals surface area contributed by atoms with Crippen molar-refractivity contribution < 1.29 is 0 Å². The number of aryl methyl sites for hydroxylation is 1. The Hall–Kier alpha value is -1.64. The number of benzene rings is 1. The molecule has 0 aliphatic heterocycles. The Morgan fingerprint density at radius 3 is 2.74 bits per heavy atom. The lowest BCUT2D eigenvalue weighted by molar-refractivity contribution is 0.447. The van der Waals surface area contributed by atoms with Crippen molar-refractivity contribution in [3.05, 3.63) is 48.0 Å². The summed E-state index contributed by atoms with van der Waals surface area (Å²) in [5, 5.41) is 7.64. The molecule has 0 amide bonds. The normalized spacial score (nSPS) is 19.9. The predicted molar refractivity (Wildman–Crippen MR) is 102 cm³/mol. The minimum absolute atomic E-state index is 0. The minimum Gasteiger partial charge on any atom is -0.353 e. The number of nitrogens with zero attached hydrogens (tertiary/aromatic N) is 5. The van der Waals surface area contributed by atoms with E-state index in [9.17, 15) is 0 Å². The third kappa shape index (κ3) is 4.21. The van der Waals surface area contributed by atoms with Crippen LogP contribution in [0.3, 0.4) is 0 Å². The first-order valence-electron chi connectivity index (χ1n) is 7.51. The molecule has 6 nitrogen and oxygen atoms in total. The lowest BCUT2D eigenvalue weighted by Crippen LogP contribution is -2.40. The number of aliphatic imine (C=N–C) groups is 1. The second-order valence-corrected chi connectivity index (χ2v) is 5.71. The third-order valence-corrected chi connectivity index (χ3v) is 4.09. The zero-order valence-electron chi connectivity index (χ0n) is 13.7. The first kappa shape index (κ1) is 17.7. The average molecular weight is 426 g/mol. The van der Waals surface area contributed by atoms with Gasteiger partial charge in [0.05, 0.1) is 6.54 Å². The molecule has 1 saturated carbocycles. The number of aromatic nitrogens is 3. The van der Waals surface area contributed by atoms with Gasteiger partial charge in [-0.1, -0.05) is 30.3 Å². The molecule has 0 radical (unpaired) electrons. The molecule has 7 heteroatoms. The molecule has 1 aliphatic rings. The molecule has 1 fully saturated rings. The Balaban J connectivity index is 0.00000192. The zero-order chi connectivity index (χ0) is 15.5. The molecular formula is C16H23IN6. The van der Waals surface area contributed by atoms with Gasteiger partial charge in [0.2, 0.25) is 0 Å². The molecule has 23 heavy (non-hydrogen) atoms. The second-order valence-electron chi connectivity index (χ2n) is 5.71. The summed E-state index contributed by atoms with van der Waals surface area (Å²) in [5.41, 5.74) is 1.39. The van der Waals surface area contributed by atoms with Crippen LogP contribution in [0.15, 0.2) is 41.7 Å². The first-order valence-corrected chi connectivity index (χ1v) is 7.51. The molecule has 124 valence electrons. The fourth-order valence-corrected chi connectivity index (χ4v) is 2.68. The highest BCUT2D eigenvalue weighted by molar-refractivity contribution is 14.0. The van der Waals surface area contributed by atoms with E-state index in [-0.39, 0.29) is 24.0 Å². The lowest BCUT2D eigenvalue weighted by Gasteiger charge is -2.21. The monoisotopic (exact) mass is 426 g/mol. The minimum atomic E-state index is 0. The Morgan fingerprint density at radius 2 is 2.13 bits per heavy atom. The molecule has 2 unspecified atom stereocenters. The van der Waals surface area contributed by atoms with E-state index in [4.69, 9.17) is 0 Å². The maximum absolute atomic E-state index is 4.38. The Morgan fingerprint density at radius 1 is 1.39 bits per heavy atom. The summed E-state index contributed by atoms with van der Waals surface area (Å²) < 4.78 is 1.79. The second kappa shape index (κ2) is 7.76. The van der Waals surface area contributed by atoms with Crippen molar-refractivity contribution in [2.75, 3.05) is 14.1 Å². The highest BCUT2D eigenvalue weighted by atomic mass is 127. The van der Waals surface area contributed by atoms with Crippen molar-refractivity contribution in [2.45, 2.75) is 24.9 Å². The fraction of sp³-hybridized carbons (Fsp3) is 0.438. The van der Waals surface area contributed by atoms with Crippen LogP contribution < -0.4 is 5.32 Å². The van der Waals surface area contributed by atoms with Crippen LogP contribution in [-0.2, 0) is 13.6 Å². The zero-order valence-corrected chi connectivity index (χ0v) is 16.0. The van der Waals surface area contributed by atoms with Crippen LogP contribution in [0.4, 0.5) is 0 Å². The van der Waals surface area contributed by atoms with Gasteiger partial charge in [0, 0.05) is 33.1 Å². The molecule has 1 aromatic heterocycles. The molecule has 1 heterocycles. The van der Waals surface area contributed by atoms with Crippen molar-refractivity contribution >= 4 is 29.9 Å². The maximum Gasteiger partial charge on any atom is 0.194 e. The third-order valence-electron chi connectivity index (χ3n) is 4.09. The molecule has 2 atom stereocenters. The lowest BCUT2D eigenvalue weighted by atomic mass is 10.1. The standard InChI is InChI=1S/C16H22N6.HI/c1-17-16(21(2)10-15-18-11-19-22(15)3)20-14-9-13(14)12-7-5-4-6-8-12;/h4-8,11,13-14H,9-10H2,1-3H3,(H,17,20);1H. The quantitative estimate of drug-likeness (QED) is 0.462. The van der Waals surface area contributed by atoms with Crippen LogP contribution >= 0.6 is 24.0 Å². The van der Waals surface area contributed by atoms with E-state index >= 15 is 0 Å². The Labute approximate surface area is 154 Å². The van der Waals surface area contributed by atoms with Crippen molar-refractivity contribution in [3.8, 4) is 0 Å². The molecular weight excluding hydrogens is 403 g/mol. The van der Waals surface area contributed by atoms with Gasteiger partial charge in [-0.15, -0.1) is 24.0 Å². The summed E-state index contributed by atoms with van der Waals surface area (Å²) >= 11 is 0. The van der Waals surface area contributed by atoms with Gasteiger partial charge in [-0.3, -0.25) is 9.67 Å². The van der Waals surface area contributed by atoms with E-state index in [2.05, 4.69) is 55.6 Å². The molecule has 2 aromatic rings. The molecule has 0 spiro atoms. The highest BCUT2D eigenvalue weighted by Gasteiger charge is 2.39. The van der Waals surface area contributed by atoms with Crippen molar-refractivity contribution in [3.63, 3.8) is 0 Å². The van der Waals surface area contributed by atoms with E-state index in [1.165, 1.54) is 5.56 Å². The fourth-order valence-electron chi connectivity index (χ4n) is 2.68. The SMILES string of the molecule is CN=C(NC1CC1c1ccccc1)N(C)Cc1ncnn1C.I. The van der Waals surface area contributed by atoms with Crippen LogP contribution in [0.5, 0.6) is 0 Å². The largest absolute Gasteiger partial charge is 0.353 e. The molecule has 0 bridgehead atoms. The summed E-state index contributed by atoms with van der Waals surface area (Å²) in [4.78, 5) is 10.7. The number of rotatable bonds is 4. The van der Waals surface area contributed by atoms with Gasteiger partial charge < -0.3 is 10.2 Å². The van der Waals surface area contributed by atoms with Crippen molar-refractivity contribution in [1.29, 1.82) is 0 Å². The van der Waals surface area contributed by atoms with Crippen molar-refractivity contribution in [1.82, 2.24) is 25.0 Å². The van der Waals surface area contributed by atoms with Crippen LogP contribution in [0, 0.1) is 0 Å². The summed E-state index contributed by atoms with van der Waals surface area (Å²) in [6.45, 7) is 0.679. The highest BCUT2D eigenvalue weighted by Crippen LogP contribution is 2.40. The van der Waals surface area contributed by atoms with E-state index in [0.717, 1.165) is 18.2 Å². The topological polar surface area (TPSA) is 58.3 Å². The van der Waals surface area contributed by atoms with E-state index in [1.807, 2.05) is 21.1 Å². The van der Waals surface area contributed by atoms with Gasteiger partial charge in [0.25, 0.3) is 0 Å². The average Bonchev–Trinajstić information content (AvgIpc) is 3.21. The van der Waals surface area contributed by atoms with E-state index in [0.29, 0.717) is 18.5 Å². The number of hydrogen-bond donors (Lipinski definition) is 1. The van der Waals surface area contributed by atoms with Gasteiger partial charge in [0.15, 0.2) is 5.96 Å². The number of guanidine groups is 1. The predicted octanol–water partition coefficient (Wildman–Crippen LogP) is 2.00. The van der Waals surface area contributed by atoms with Gasteiger partial charge >= 0.3 is 0 Å². The van der Waals surface area contributed by atoms with Crippen LogP contribution in [0.25, 0.3) is 0 Å². The summed E-state index contributed by atoms with van der Waals surface area (Å²) in [5.74, 6) is 2.40.